The number of amides is 1. The molecule has 160 valence electrons. The lowest BCUT2D eigenvalue weighted by Gasteiger charge is -2.29. The molecule has 0 radical (unpaired) electrons. The van der Waals surface area contributed by atoms with Gasteiger partial charge in [0, 0.05) is 25.3 Å². The van der Waals surface area contributed by atoms with E-state index in [1.807, 2.05) is 18.2 Å². The van der Waals surface area contributed by atoms with Crippen LogP contribution < -0.4 is 14.8 Å². The topological polar surface area (TPSA) is 54.0 Å². The van der Waals surface area contributed by atoms with Crippen LogP contribution in [0.25, 0.3) is 0 Å². The molecule has 2 aromatic carbocycles. The number of ether oxygens (including phenoxy) is 2. The second kappa shape index (κ2) is 9.49. The van der Waals surface area contributed by atoms with Gasteiger partial charge in [-0.3, -0.25) is 14.6 Å². The molecule has 6 heteroatoms. The van der Waals surface area contributed by atoms with Crippen molar-refractivity contribution < 1.29 is 14.3 Å². The van der Waals surface area contributed by atoms with Crippen LogP contribution in [-0.4, -0.2) is 56.1 Å². The number of methoxy groups -OCH3 is 2. The molecule has 1 amide bonds. The second-order valence-electron chi connectivity index (χ2n) is 8.16. The van der Waals surface area contributed by atoms with Crippen LogP contribution in [-0.2, 0) is 24.3 Å². The van der Waals surface area contributed by atoms with Crippen LogP contribution in [0.2, 0.25) is 0 Å². The average molecular weight is 410 g/mol. The third-order valence-corrected chi connectivity index (χ3v) is 6.01. The number of likely N-dealkylation sites (tertiary alicyclic amines) is 1. The lowest BCUT2D eigenvalue weighted by molar-refractivity contribution is -0.117. The van der Waals surface area contributed by atoms with E-state index in [-0.39, 0.29) is 5.91 Å². The lowest BCUT2D eigenvalue weighted by Crippen LogP contribution is -2.37. The zero-order valence-corrected chi connectivity index (χ0v) is 17.9. The van der Waals surface area contributed by atoms with Crippen molar-refractivity contribution in [3.05, 3.63) is 53.1 Å². The molecule has 2 aliphatic heterocycles. The Morgan fingerprint density at radius 3 is 2.27 bits per heavy atom. The van der Waals surface area contributed by atoms with Crippen LogP contribution in [0.4, 0.5) is 5.69 Å². The van der Waals surface area contributed by atoms with Crippen LogP contribution in [0, 0.1) is 0 Å². The Hall–Kier alpha value is -2.57. The van der Waals surface area contributed by atoms with Crippen molar-refractivity contribution in [2.75, 3.05) is 45.7 Å². The predicted octanol–water partition coefficient (Wildman–Crippen LogP) is 3.30. The van der Waals surface area contributed by atoms with Crippen LogP contribution >= 0.6 is 0 Å². The van der Waals surface area contributed by atoms with Gasteiger partial charge in [0.15, 0.2) is 11.5 Å². The first-order valence-corrected chi connectivity index (χ1v) is 10.7. The molecule has 30 heavy (non-hydrogen) atoms. The summed E-state index contributed by atoms with van der Waals surface area (Å²) >= 11 is 0. The minimum absolute atomic E-state index is 0.0196. The number of carbonyl (C=O) groups is 1. The molecule has 0 aromatic heterocycles. The van der Waals surface area contributed by atoms with Gasteiger partial charge in [-0.25, -0.2) is 0 Å². The highest BCUT2D eigenvalue weighted by Crippen LogP contribution is 2.33. The van der Waals surface area contributed by atoms with E-state index in [9.17, 15) is 4.79 Å². The molecule has 1 saturated heterocycles. The van der Waals surface area contributed by atoms with Crippen LogP contribution in [0.15, 0.2) is 36.4 Å². The fraction of sp³-hybridized carbons (Fsp3) is 0.458. The summed E-state index contributed by atoms with van der Waals surface area (Å²) in [6.45, 7) is 5.34. The summed E-state index contributed by atoms with van der Waals surface area (Å²) in [7, 11) is 3.30. The molecule has 6 nitrogen and oxygen atoms in total. The highest BCUT2D eigenvalue weighted by Gasteiger charge is 2.21. The van der Waals surface area contributed by atoms with Crippen molar-refractivity contribution in [2.24, 2.45) is 0 Å². The molecule has 2 aliphatic rings. The highest BCUT2D eigenvalue weighted by molar-refractivity contribution is 5.92. The van der Waals surface area contributed by atoms with Crippen molar-refractivity contribution in [1.29, 1.82) is 0 Å². The maximum atomic E-state index is 12.6. The predicted molar refractivity (Wildman–Crippen MR) is 118 cm³/mol. The summed E-state index contributed by atoms with van der Waals surface area (Å²) in [6, 6.07) is 12.3. The molecule has 1 fully saturated rings. The van der Waals surface area contributed by atoms with E-state index >= 15 is 0 Å². The molecule has 4 rings (SSSR count). The van der Waals surface area contributed by atoms with E-state index in [1.165, 1.54) is 42.6 Å². The number of carbonyl (C=O) groups excluding carboxylic acids is 1. The SMILES string of the molecule is COc1cc2c(cc1OC)CN(CC(=O)Nc1ccc(CN3CCCC3)cc1)CC2. The van der Waals surface area contributed by atoms with E-state index in [4.69, 9.17) is 9.47 Å². The quantitative estimate of drug-likeness (QED) is 0.761. The maximum absolute atomic E-state index is 12.6. The summed E-state index contributed by atoms with van der Waals surface area (Å²) in [6.07, 6.45) is 3.50. The molecule has 0 bridgehead atoms. The van der Waals surface area contributed by atoms with E-state index in [0.717, 1.165) is 43.2 Å². The van der Waals surface area contributed by atoms with Gasteiger partial charge in [-0.05, 0) is 73.3 Å². The first-order valence-electron chi connectivity index (χ1n) is 10.7. The first-order chi connectivity index (χ1) is 14.6. The number of nitrogens with one attached hydrogen (secondary N) is 1. The highest BCUT2D eigenvalue weighted by atomic mass is 16.5. The zero-order chi connectivity index (χ0) is 20.9. The van der Waals surface area contributed by atoms with Crippen LogP contribution in [0.5, 0.6) is 11.5 Å². The van der Waals surface area contributed by atoms with E-state index in [1.54, 1.807) is 14.2 Å². The van der Waals surface area contributed by atoms with Gasteiger partial charge < -0.3 is 14.8 Å². The summed E-state index contributed by atoms with van der Waals surface area (Å²) in [5, 5.41) is 3.04. The standard InChI is InChI=1S/C24H31N3O3/c1-29-22-13-19-9-12-27(16-20(19)14-23(22)30-2)17-24(28)25-21-7-5-18(6-8-21)15-26-10-3-4-11-26/h5-8,13-14H,3-4,9-12,15-17H2,1-2H3,(H,25,28). The molecular weight excluding hydrogens is 378 g/mol. The number of hydrogen-bond acceptors (Lipinski definition) is 5. The Balaban J connectivity index is 1.31. The Bertz CT molecular complexity index is 876. The summed E-state index contributed by atoms with van der Waals surface area (Å²) < 4.78 is 10.8. The number of benzene rings is 2. The Morgan fingerprint density at radius 2 is 1.60 bits per heavy atom. The number of nitrogens with zero attached hydrogens (tertiary/aromatic N) is 2. The molecule has 0 spiro atoms. The third kappa shape index (κ3) is 4.94. The monoisotopic (exact) mass is 409 g/mol. The van der Waals surface area contributed by atoms with Gasteiger partial charge in [0.25, 0.3) is 0 Å². The van der Waals surface area contributed by atoms with Gasteiger partial charge in [-0.15, -0.1) is 0 Å². The lowest BCUT2D eigenvalue weighted by atomic mass is 9.99. The largest absolute Gasteiger partial charge is 0.493 e. The fourth-order valence-electron chi connectivity index (χ4n) is 4.37. The van der Waals surface area contributed by atoms with Gasteiger partial charge in [-0.1, -0.05) is 12.1 Å². The Morgan fingerprint density at radius 1 is 0.933 bits per heavy atom. The van der Waals surface area contributed by atoms with Crippen molar-refractivity contribution in [3.63, 3.8) is 0 Å². The Kier molecular flexibility index (Phi) is 6.55. The minimum atomic E-state index is 0.0196. The third-order valence-electron chi connectivity index (χ3n) is 6.01. The molecule has 0 saturated carbocycles. The van der Waals surface area contributed by atoms with Gasteiger partial charge in [0.05, 0.1) is 20.8 Å². The molecule has 0 unspecified atom stereocenters. The summed E-state index contributed by atoms with van der Waals surface area (Å²) in [5.41, 5.74) is 4.61. The van der Waals surface area contributed by atoms with Gasteiger partial charge in [0.1, 0.15) is 0 Å². The van der Waals surface area contributed by atoms with E-state index < -0.39 is 0 Å². The van der Waals surface area contributed by atoms with E-state index in [2.05, 4.69) is 33.3 Å². The Labute approximate surface area is 178 Å². The van der Waals surface area contributed by atoms with Crippen molar-refractivity contribution in [2.45, 2.75) is 32.4 Å². The number of anilines is 1. The van der Waals surface area contributed by atoms with Crippen molar-refractivity contribution >= 4 is 11.6 Å². The smallest absolute Gasteiger partial charge is 0.238 e. The van der Waals surface area contributed by atoms with Gasteiger partial charge in [0.2, 0.25) is 5.91 Å². The van der Waals surface area contributed by atoms with Crippen molar-refractivity contribution in [1.82, 2.24) is 9.80 Å². The number of fused-ring (bicyclic) bond motifs is 1. The van der Waals surface area contributed by atoms with Gasteiger partial charge in [-0.2, -0.15) is 0 Å². The molecular formula is C24H31N3O3. The van der Waals surface area contributed by atoms with Crippen molar-refractivity contribution in [3.8, 4) is 11.5 Å². The fourth-order valence-corrected chi connectivity index (χ4v) is 4.37. The van der Waals surface area contributed by atoms with E-state index in [0.29, 0.717) is 6.54 Å². The average Bonchev–Trinajstić information content (AvgIpc) is 3.27. The van der Waals surface area contributed by atoms with Crippen LogP contribution in [0.1, 0.15) is 29.5 Å². The summed E-state index contributed by atoms with van der Waals surface area (Å²) in [5.74, 6) is 1.51. The number of rotatable bonds is 7. The van der Waals surface area contributed by atoms with Crippen LogP contribution in [0.3, 0.4) is 0 Å². The maximum Gasteiger partial charge on any atom is 0.238 e. The minimum Gasteiger partial charge on any atom is -0.493 e. The molecule has 2 heterocycles. The molecule has 2 aromatic rings. The van der Waals surface area contributed by atoms with Gasteiger partial charge >= 0.3 is 0 Å². The second-order valence-corrected chi connectivity index (χ2v) is 8.16. The molecule has 0 atom stereocenters. The first kappa shape index (κ1) is 20.7. The summed E-state index contributed by atoms with van der Waals surface area (Å²) in [4.78, 5) is 17.2. The zero-order valence-electron chi connectivity index (χ0n) is 17.9. The number of hydrogen-bond donors (Lipinski definition) is 1. The molecule has 0 aliphatic carbocycles. The normalized spacial score (nSPS) is 16.9. The molecule has 1 N–H and O–H groups in total.